The van der Waals surface area contributed by atoms with Gasteiger partial charge in [-0.3, -0.25) is 14.4 Å². The number of carbonyl (C=O) groups excluding carboxylic acids is 2. The molecular weight excluding hydrogens is 354 g/mol. The number of nitrogens with zero attached hydrogens (tertiary/aromatic N) is 4. The zero-order valence-electron chi connectivity index (χ0n) is 17.1. The molecule has 0 saturated carbocycles. The van der Waals surface area contributed by atoms with Gasteiger partial charge in [0.25, 0.3) is 0 Å². The molecule has 1 fully saturated rings. The smallest absolute Gasteiger partial charge is 0.325 e. The topological polar surface area (TPSA) is 70.5 Å². The quantitative estimate of drug-likeness (QED) is 0.799. The van der Waals surface area contributed by atoms with Crippen molar-refractivity contribution in [2.45, 2.75) is 40.2 Å². The number of nitrogens with one attached hydrogen (secondary N) is 1. The molecule has 7 nitrogen and oxygen atoms in total. The first-order valence-electron chi connectivity index (χ1n) is 9.79. The van der Waals surface area contributed by atoms with E-state index < -0.39 is 0 Å². The van der Waals surface area contributed by atoms with E-state index in [4.69, 9.17) is 0 Å². The molecule has 0 unspecified atom stereocenters. The molecule has 0 bridgehead atoms. The Hall–Kier alpha value is -2.83. The van der Waals surface area contributed by atoms with E-state index in [1.807, 2.05) is 36.7 Å². The Balaban J connectivity index is 1.49. The first-order valence-corrected chi connectivity index (χ1v) is 9.79. The minimum Gasteiger partial charge on any atom is -0.353 e. The summed E-state index contributed by atoms with van der Waals surface area (Å²) in [5.41, 5.74) is 4.16. The molecule has 1 N–H and O–H groups in total. The maximum Gasteiger partial charge on any atom is 0.325 e. The Morgan fingerprint density at radius 1 is 1.18 bits per heavy atom. The minimum absolute atomic E-state index is 0.0799. The fraction of sp³-hybridized carbons (Fsp3) is 0.476. The highest BCUT2D eigenvalue weighted by Crippen LogP contribution is 2.23. The number of rotatable bonds is 7. The van der Waals surface area contributed by atoms with Gasteiger partial charge in [-0.2, -0.15) is 5.10 Å². The van der Waals surface area contributed by atoms with Crippen LogP contribution in [0.25, 0.3) is 0 Å². The number of aryl methyl sites for hydroxylation is 2. The normalized spacial score (nSPS) is 14.2. The van der Waals surface area contributed by atoms with E-state index in [1.165, 1.54) is 5.56 Å². The molecule has 7 heteroatoms. The molecule has 0 aliphatic carbocycles. The molecule has 150 valence electrons. The second-order valence-electron chi connectivity index (χ2n) is 7.60. The van der Waals surface area contributed by atoms with Gasteiger partial charge < -0.3 is 10.2 Å². The molecule has 28 heavy (non-hydrogen) atoms. The molecule has 1 aromatic carbocycles. The van der Waals surface area contributed by atoms with Crippen molar-refractivity contribution < 1.29 is 9.59 Å². The first kappa shape index (κ1) is 19.9. The van der Waals surface area contributed by atoms with Crippen molar-refractivity contribution in [3.63, 3.8) is 0 Å². The maximum atomic E-state index is 12.7. The molecule has 2 aromatic rings. The number of anilines is 1. The van der Waals surface area contributed by atoms with Crippen LogP contribution < -0.4 is 10.2 Å². The van der Waals surface area contributed by atoms with E-state index in [1.54, 1.807) is 9.80 Å². The highest BCUT2D eigenvalue weighted by molar-refractivity contribution is 5.96. The van der Waals surface area contributed by atoms with Gasteiger partial charge in [0.05, 0.1) is 12.2 Å². The zero-order valence-corrected chi connectivity index (χ0v) is 17.1. The van der Waals surface area contributed by atoms with Crippen LogP contribution in [0.2, 0.25) is 0 Å². The summed E-state index contributed by atoms with van der Waals surface area (Å²) in [4.78, 5) is 28.2. The predicted octanol–water partition coefficient (Wildman–Crippen LogP) is 2.68. The zero-order chi connectivity index (χ0) is 20.3. The van der Waals surface area contributed by atoms with Crippen LogP contribution in [0.5, 0.6) is 0 Å². The number of benzene rings is 1. The highest BCUT2D eigenvalue weighted by atomic mass is 16.2. The molecule has 2 heterocycles. The standard InChI is InChI=1S/C21H29N5O2/c1-15(2)18-5-7-19(8-6-18)25-12-11-24(21(25)28)14-20(27)22-9-10-26-17(4)13-16(3)23-26/h5-8,13,15H,9-12,14H2,1-4H3,(H,22,27). The van der Waals surface area contributed by atoms with Crippen molar-refractivity contribution >= 4 is 17.6 Å². The third-order valence-electron chi connectivity index (χ3n) is 5.05. The summed E-state index contributed by atoms with van der Waals surface area (Å²) in [6.45, 7) is 10.6. The average Bonchev–Trinajstić information content (AvgIpc) is 3.17. The van der Waals surface area contributed by atoms with Crippen molar-refractivity contribution in [1.82, 2.24) is 20.0 Å². The van der Waals surface area contributed by atoms with Gasteiger partial charge in [-0.25, -0.2) is 4.79 Å². The van der Waals surface area contributed by atoms with E-state index in [9.17, 15) is 9.59 Å². The fourth-order valence-electron chi connectivity index (χ4n) is 3.44. The average molecular weight is 383 g/mol. The summed E-state index contributed by atoms with van der Waals surface area (Å²) in [7, 11) is 0. The van der Waals surface area contributed by atoms with Gasteiger partial charge in [0, 0.05) is 31.0 Å². The third-order valence-corrected chi connectivity index (χ3v) is 5.05. The Morgan fingerprint density at radius 2 is 1.89 bits per heavy atom. The second kappa shape index (κ2) is 8.46. The summed E-state index contributed by atoms with van der Waals surface area (Å²) >= 11 is 0. The molecule has 1 aliphatic heterocycles. The Labute approximate surface area is 166 Å². The van der Waals surface area contributed by atoms with Gasteiger partial charge in [0.1, 0.15) is 6.54 Å². The monoisotopic (exact) mass is 383 g/mol. The van der Waals surface area contributed by atoms with Gasteiger partial charge >= 0.3 is 6.03 Å². The summed E-state index contributed by atoms with van der Waals surface area (Å²) < 4.78 is 1.87. The lowest BCUT2D eigenvalue weighted by molar-refractivity contribution is -0.121. The molecule has 0 spiro atoms. The summed E-state index contributed by atoms with van der Waals surface area (Å²) in [5.74, 6) is 0.310. The van der Waals surface area contributed by atoms with Gasteiger partial charge in [-0.1, -0.05) is 26.0 Å². The van der Waals surface area contributed by atoms with Gasteiger partial charge in [-0.15, -0.1) is 0 Å². The largest absolute Gasteiger partial charge is 0.353 e. The maximum absolute atomic E-state index is 12.7. The summed E-state index contributed by atoms with van der Waals surface area (Å²) in [6.07, 6.45) is 0. The Bertz CT molecular complexity index is 841. The number of urea groups is 1. The molecular formula is C21H29N5O2. The highest BCUT2D eigenvalue weighted by Gasteiger charge is 2.30. The number of amides is 3. The predicted molar refractivity (Wildman–Crippen MR) is 110 cm³/mol. The van der Waals surface area contributed by atoms with Crippen LogP contribution in [0.4, 0.5) is 10.5 Å². The molecule has 0 atom stereocenters. The van der Waals surface area contributed by atoms with E-state index in [0.29, 0.717) is 32.1 Å². The molecule has 1 aromatic heterocycles. The summed E-state index contributed by atoms with van der Waals surface area (Å²) in [5, 5.41) is 7.25. The minimum atomic E-state index is -0.146. The van der Waals surface area contributed by atoms with Gasteiger partial charge in [0.15, 0.2) is 0 Å². The van der Waals surface area contributed by atoms with Crippen molar-refractivity contribution in [3.05, 3.63) is 47.3 Å². The van der Waals surface area contributed by atoms with Crippen LogP contribution >= 0.6 is 0 Å². The van der Waals surface area contributed by atoms with Crippen LogP contribution in [0.15, 0.2) is 30.3 Å². The van der Waals surface area contributed by atoms with E-state index in [2.05, 4.69) is 36.4 Å². The van der Waals surface area contributed by atoms with Crippen LogP contribution in [0.1, 0.15) is 36.7 Å². The van der Waals surface area contributed by atoms with E-state index in [0.717, 1.165) is 17.1 Å². The number of carbonyl (C=O) groups is 2. The van der Waals surface area contributed by atoms with Crippen molar-refractivity contribution in [1.29, 1.82) is 0 Å². The Morgan fingerprint density at radius 3 is 2.50 bits per heavy atom. The second-order valence-corrected chi connectivity index (χ2v) is 7.60. The van der Waals surface area contributed by atoms with Gasteiger partial charge in [-0.05, 0) is 43.5 Å². The fourth-order valence-corrected chi connectivity index (χ4v) is 3.44. The lowest BCUT2D eigenvalue weighted by Gasteiger charge is -2.19. The molecule has 1 aliphatic rings. The molecule has 3 amide bonds. The number of hydrogen-bond acceptors (Lipinski definition) is 3. The van der Waals surface area contributed by atoms with Crippen LogP contribution in [-0.4, -0.2) is 52.8 Å². The van der Waals surface area contributed by atoms with Gasteiger partial charge in [0.2, 0.25) is 5.91 Å². The van der Waals surface area contributed by atoms with Crippen molar-refractivity contribution in [2.75, 3.05) is 31.1 Å². The van der Waals surface area contributed by atoms with Crippen LogP contribution in [-0.2, 0) is 11.3 Å². The van der Waals surface area contributed by atoms with E-state index >= 15 is 0 Å². The molecule has 1 saturated heterocycles. The number of aromatic nitrogens is 2. The third kappa shape index (κ3) is 4.52. The Kier molecular flexibility index (Phi) is 6.02. The lowest BCUT2D eigenvalue weighted by atomic mass is 10.0. The number of hydrogen-bond donors (Lipinski definition) is 1. The molecule has 0 radical (unpaired) electrons. The van der Waals surface area contributed by atoms with Crippen LogP contribution in [0, 0.1) is 13.8 Å². The van der Waals surface area contributed by atoms with Crippen LogP contribution in [0.3, 0.4) is 0 Å². The first-order chi connectivity index (χ1) is 13.3. The summed E-state index contributed by atoms with van der Waals surface area (Å²) in [6, 6.07) is 9.96. The van der Waals surface area contributed by atoms with E-state index in [-0.39, 0.29) is 18.5 Å². The van der Waals surface area contributed by atoms with Crippen molar-refractivity contribution in [2.24, 2.45) is 0 Å². The SMILES string of the molecule is Cc1cc(C)n(CCNC(=O)CN2CCN(c3ccc(C(C)C)cc3)C2=O)n1. The molecule has 3 rings (SSSR count). The van der Waals surface area contributed by atoms with Crippen molar-refractivity contribution in [3.8, 4) is 0 Å². The lowest BCUT2D eigenvalue weighted by Crippen LogP contribution is -2.40.